The van der Waals surface area contributed by atoms with Crippen LogP contribution in [0, 0.1) is 25.2 Å². The molecule has 1 atom stereocenters. The summed E-state index contributed by atoms with van der Waals surface area (Å²) in [6, 6.07) is 4.41. The zero-order valence-corrected chi connectivity index (χ0v) is 13.1. The molecule has 1 aliphatic heterocycles. The Hall–Kier alpha value is -3.15. The quantitative estimate of drug-likeness (QED) is 0.731. The molecule has 0 saturated carbocycles. The Bertz CT molecular complexity index is 998. The molecule has 0 bridgehead atoms. The van der Waals surface area contributed by atoms with Gasteiger partial charge in [0.25, 0.3) is 0 Å². The molecule has 25 heavy (non-hydrogen) atoms. The van der Waals surface area contributed by atoms with Crippen molar-refractivity contribution in [1.29, 1.82) is 5.26 Å². The van der Waals surface area contributed by atoms with Gasteiger partial charge in [0.15, 0.2) is 0 Å². The zero-order valence-electron chi connectivity index (χ0n) is 13.1. The number of nitrogens with two attached hydrogens (primary N) is 1. The Kier molecular flexibility index (Phi) is 3.29. The second-order valence-electron chi connectivity index (χ2n) is 5.84. The predicted octanol–water partition coefficient (Wildman–Crippen LogP) is 2.76. The number of carbonyl (C=O) groups is 1. The van der Waals surface area contributed by atoms with E-state index < -0.39 is 40.5 Å². The summed E-state index contributed by atoms with van der Waals surface area (Å²) in [5, 5.41) is 18.8. The van der Waals surface area contributed by atoms with Crippen molar-refractivity contribution in [3.63, 3.8) is 0 Å². The molecule has 1 aromatic carbocycles. The second kappa shape index (κ2) is 4.92. The highest BCUT2D eigenvalue weighted by Gasteiger charge is 2.69. The molecule has 3 rings (SSSR count). The van der Waals surface area contributed by atoms with E-state index in [9.17, 15) is 28.3 Å². The fourth-order valence-electron chi connectivity index (χ4n) is 3.31. The average molecular weight is 351 g/mol. The number of hydrogen-bond acceptors (Lipinski definition) is 4. The summed E-state index contributed by atoms with van der Waals surface area (Å²) in [4.78, 5) is 14.5. The highest BCUT2D eigenvalue weighted by atomic mass is 19.4. The second-order valence-corrected chi connectivity index (χ2v) is 5.84. The van der Waals surface area contributed by atoms with E-state index in [2.05, 4.69) is 4.98 Å². The maximum Gasteiger partial charge on any atom is 0.414 e. The number of nitriles is 1. The summed E-state index contributed by atoms with van der Waals surface area (Å²) in [6.45, 7) is 3.33. The fourth-order valence-corrected chi connectivity index (χ4v) is 3.31. The first-order valence-electron chi connectivity index (χ1n) is 7.07. The molecular formula is C16H12F3N3O3. The minimum atomic E-state index is -5.32. The number of aromatic amines is 1. The zero-order chi connectivity index (χ0) is 18.7. The normalized spacial score (nSPS) is 20.2. The van der Waals surface area contributed by atoms with Crippen molar-refractivity contribution in [3.05, 3.63) is 40.3 Å². The molecule has 0 spiro atoms. The van der Waals surface area contributed by atoms with Crippen LogP contribution < -0.4 is 10.5 Å². The third-order valence-corrected chi connectivity index (χ3v) is 4.28. The molecule has 2 aromatic rings. The fraction of sp³-hybridized carbons (Fsp3) is 0.250. The van der Waals surface area contributed by atoms with Gasteiger partial charge in [-0.3, -0.25) is 4.79 Å². The largest absolute Gasteiger partial charge is 0.480 e. The van der Waals surface area contributed by atoms with Crippen LogP contribution in [0.25, 0.3) is 10.9 Å². The van der Waals surface area contributed by atoms with E-state index in [1.165, 1.54) is 12.1 Å². The number of carboxylic acid groups (broad SMARTS) is 1. The summed E-state index contributed by atoms with van der Waals surface area (Å²) in [7, 11) is 0. The van der Waals surface area contributed by atoms with Gasteiger partial charge in [-0.2, -0.15) is 18.4 Å². The number of nitrogens with one attached hydrogen (secondary N) is 1. The summed E-state index contributed by atoms with van der Waals surface area (Å²) >= 11 is 0. The highest BCUT2D eigenvalue weighted by molar-refractivity contribution is 6.00. The van der Waals surface area contributed by atoms with E-state index in [1.807, 2.05) is 0 Å². The van der Waals surface area contributed by atoms with Crippen molar-refractivity contribution >= 4 is 16.9 Å². The van der Waals surface area contributed by atoms with E-state index in [4.69, 9.17) is 10.5 Å². The number of hydrogen-bond donors (Lipinski definition) is 3. The number of aliphatic carboxylic acids is 1. The van der Waals surface area contributed by atoms with Crippen LogP contribution in [-0.2, 0) is 10.2 Å². The molecule has 0 saturated heterocycles. The first kappa shape index (κ1) is 16.7. The van der Waals surface area contributed by atoms with E-state index in [0.717, 1.165) is 0 Å². The van der Waals surface area contributed by atoms with Crippen molar-refractivity contribution in [1.82, 2.24) is 4.98 Å². The number of carboxylic acids is 1. The van der Waals surface area contributed by atoms with Crippen LogP contribution in [0.4, 0.5) is 13.2 Å². The molecule has 6 nitrogen and oxygen atoms in total. The third-order valence-electron chi connectivity index (χ3n) is 4.28. The lowest BCUT2D eigenvalue weighted by atomic mass is 9.72. The number of aryl methyl sites for hydroxylation is 2. The molecule has 0 radical (unpaired) electrons. The van der Waals surface area contributed by atoms with Gasteiger partial charge >= 0.3 is 12.1 Å². The van der Waals surface area contributed by atoms with Crippen LogP contribution in [0.3, 0.4) is 0 Å². The van der Waals surface area contributed by atoms with Crippen molar-refractivity contribution < 1.29 is 27.8 Å². The van der Waals surface area contributed by atoms with Gasteiger partial charge in [-0.05, 0) is 25.5 Å². The predicted molar refractivity (Wildman–Crippen MR) is 80.6 cm³/mol. The lowest BCUT2D eigenvalue weighted by molar-refractivity contribution is -0.197. The van der Waals surface area contributed by atoms with Crippen LogP contribution in [0.5, 0.6) is 5.88 Å². The summed E-state index contributed by atoms with van der Waals surface area (Å²) in [5.41, 5.74) is 1.51. The number of aromatic nitrogens is 1. The first-order chi connectivity index (χ1) is 11.6. The Balaban J connectivity index is 2.59. The number of halogens is 3. The monoisotopic (exact) mass is 351 g/mol. The van der Waals surface area contributed by atoms with Crippen LogP contribution in [0.1, 0.15) is 16.7 Å². The van der Waals surface area contributed by atoms with Gasteiger partial charge < -0.3 is 20.6 Å². The maximum absolute atomic E-state index is 14.1. The van der Waals surface area contributed by atoms with E-state index >= 15 is 0 Å². The van der Waals surface area contributed by atoms with Gasteiger partial charge in [-0.25, -0.2) is 0 Å². The summed E-state index contributed by atoms with van der Waals surface area (Å²) in [5.74, 6) is -3.57. The third kappa shape index (κ3) is 1.94. The number of alkyl halides is 3. The molecule has 2 heterocycles. The lowest BCUT2D eigenvalue weighted by Gasteiger charge is -2.34. The number of fused-ring (bicyclic) bond motifs is 3. The Labute approximate surface area is 139 Å². The topological polar surface area (TPSA) is 112 Å². The van der Waals surface area contributed by atoms with E-state index in [0.29, 0.717) is 11.1 Å². The van der Waals surface area contributed by atoms with Gasteiger partial charge in [0.1, 0.15) is 11.6 Å². The SMILES string of the molecule is Cc1cc(C)c2[nH]c3c(c2c1)[C@](C(=O)O)(C(F)(F)F)C(C#N)=C(N)O3. The van der Waals surface area contributed by atoms with Crippen molar-refractivity contribution in [3.8, 4) is 11.9 Å². The minimum absolute atomic E-state index is 0.0208. The van der Waals surface area contributed by atoms with Crippen LogP contribution in [0.2, 0.25) is 0 Å². The summed E-state index contributed by atoms with van der Waals surface area (Å²) < 4.78 is 47.3. The molecule has 0 aliphatic carbocycles. The van der Waals surface area contributed by atoms with Crippen LogP contribution in [-0.4, -0.2) is 22.2 Å². The van der Waals surface area contributed by atoms with E-state index in [1.54, 1.807) is 19.9 Å². The van der Waals surface area contributed by atoms with Gasteiger partial charge in [-0.15, -0.1) is 0 Å². The molecule has 9 heteroatoms. The van der Waals surface area contributed by atoms with E-state index in [-0.39, 0.29) is 10.9 Å². The van der Waals surface area contributed by atoms with Crippen LogP contribution >= 0.6 is 0 Å². The standard InChI is InChI=1S/C16H12F3N3O3/c1-6-3-7(2)11-8(4-6)10-13(22-11)25-12(21)9(5-20)15(10,14(23)24)16(17,18)19/h3-4,22H,21H2,1-2H3,(H,23,24)/t15-/m1/s1. The Morgan fingerprint density at radius 3 is 2.56 bits per heavy atom. The number of rotatable bonds is 1. The number of benzene rings is 1. The van der Waals surface area contributed by atoms with Crippen molar-refractivity contribution in [2.45, 2.75) is 25.4 Å². The van der Waals surface area contributed by atoms with Gasteiger partial charge in [0.05, 0.1) is 11.1 Å². The molecule has 0 unspecified atom stereocenters. The number of nitrogens with zero attached hydrogens (tertiary/aromatic N) is 1. The molecule has 4 N–H and O–H groups in total. The highest BCUT2D eigenvalue weighted by Crippen LogP contribution is 2.55. The van der Waals surface area contributed by atoms with Gasteiger partial charge in [0, 0.05) is 5.39 Å². The van der Waals surface area contributed by atoms with Crippen molar-refractivity contribution in [2.24, 2.45) is 5.73 Å². The average Bonchev–Trinajstić information content (AvgIpc) is 2.82. The molecule has 1 aliphatic rings. The summed E-state index contributed by atoms with van der Waals surface area (Å²) in [6.07, 6.45) is -5.32. The smallest absolute Gasteiger partial charge is 0.414 e. The Morgan fingerprint density at radius 2 is 2.04 bits per heavy atom. The maximum atomic E-state index is 14.1. The van der Waals surface area contributed by atoms with Crippen LogP contribution in [0.15, 0.2) is 23.6 Å². The minimum Gasteiger partial charge on any atom is -0.480 e. The Morgan fingerprint density at radius 1 is 1.40 bits per heavy atom. The number of H-pyrrole nitrogens is 1. The molecule has 1 aromatic heterocycles. The van der Waals surface area contributed by atoms with Gasteiger partial charge in [0.2, 0.25) is 17.2 Å². The molecule has 0 fully saturated rings. The molecule has 130 valence electrons. The number of ether oxygens (including phenoxy) is 1. The molecule has 0 amide bonds. The van der Waals surface area contributed by atoms with Crippen molar-refractivity contribution in [2.75, 3.05) is 0 Å². The van der Waals surface area contributed by atoms with Gasteiger partial charge in [-0.1, -0.05) is 11.6 Å². The lowest BCUT2D eigenvalue weighted by Crippen LogP contribution is -2.53. The first-order valence-corrected chi connectivity index (χ1v) is 7.07. The molecular weight excluding hydrogens is 339 g/mol.